The van der Waals surface area contributed by atoms with Gasteiger partial charge in [0.1, 0.15) is 16.6 Å². The molecular formula is C12H18N2O4S. The van der Waals surface area contributed by atoms with E-state index in [0.29, 0.717) is 17.1 Å². The average molecular weight is 286 g/mol. The molecule has 1 heterocycles. The van der Waals surface area contributed by atoms with Crippen LogP contribution in [-0.2, 0) is 9.53 Å². The Balaban J connectivity index is 2.96. The zero-order valence-corrected chi connectivity index (χ0v) is 12.2. The third-order valence-corrected chi connectivity index (χ3v) is 3.44. The van der Waals surface area contributed by atoms with E-state index in [-0.39, 0.29) is 11.5 Å². The number of methoxy groups -OCH3 is 1. The van der Waals surface area contributed by atoms with Gasteiger partial charge < -0.3 is 15.2 Å². The van der Waals surface area contributed by atoms with Crippen molar-refractivity contribution in [3.05, 3.63) is 11.3 Å². The third kappa shape index (κ3) is 3.92. The average Bonchev–Trinajstić information content (AvgIpc) is 2.68. The number of carbonyl (C=O) groups is 2. The van der Waals surface area contributed by atoms with Crippen LogP contribution >= 0.6 is 11.5 Å². The number of rotatable bonds is 6. The summed E-state index contributed by atoms with van der Waals surface area (Å²) in [5.74, 6) is -1.18. The number of esters is 1. The SMILES string of the molecule is COC(=O)C(CC(C)C)Nc1snc(C)c1C(=O)O. The Morgan fingerprint density at radius 1 is 1.47 bits per heavy atom. The monoisotopic (exact) mass is 286 g/mol. The van der Waals surface area contributed by atoms with Crippen LogP contribution in [0.15, 0.2) is 0 Å². The highest BCUT2D eigenvalue weighted by molar-refractivity contribution is 7.10. The largest absolute Gasteiger partial charge is 0.478 e. The van der Waals surface area contributed by atoms with Gasteiger partial charge in [-0.2, -0.15) is 4.37 Å². The third-order valence-electron chi connectivity index (χ3n) is 2.57. The molecule has 0 saturated heterocycles. The van der Waals surface area contributed by atoms with Crippen LogP contribution in [0.4, 0.5) is 5.00 Å². The molecule has 1 aromatic heterocycles. The number of nitrogens with one attached hydrogen (secondary N) is 1. The molecule has 1 unspecified atom stereocenters. The van der Waals surface area contributed by atoms with Crippen LogP contribution in [0, 0.1) is 12.8 Å². The normalized spacial score (nSPS) is 12.3. The molecule has 0 bridgehead atoms. The minimum absolute atomic E-state index is 0.114. The van der Waals surface area contributed by atoms with E-state index >= 15 is 0 Å². The fourth-order valence-corrected chi connectivity index (χ4v) is 2.55. The van der Waals surface area contributed by atoms with E-state index in [2.05, 4.69) is 9.69 Å². The number of ether oxygens (including phenoxy) is 1. The molecule has 7 heteroatoms. The quantitative estimate of drug-likeness (QED) is 0.779. The lowest BCUT2D eigenvalue weighted by molar-refractivity contribution is -0.141. The number of aryl methyl sites for hydroxylation is 1. The van der Waals surface area contributed by atoms with E-state index < -0.39 is 18.0 Å². The zero-order chi connectivity index (χ0) is 14.6. The van der Waals surface area contributed by atoms with Crippen molar-refractivity contribution in [3.63, 3.8) is 0 Å². The Morgan fingerprint density at radius 3 is 2.58 bits per heavy atom. The first-order chi connectivity index (χ1) is 8.86. The summed E-state index contributed by atoms with van der Waals surface area (Å²) in [7, 11) is 1.31. The maximum absolute atomic E-state index is 11.7. The van der Waals surface area contributed by atoms with Crippen molar-refractivity contribution < 1.29 is 19.4 Å². The lowest BCUT2D eigenvalue weighted by Crippen LogP contribution is -2.32. The fraction of sp³-hybridized carbons (Fsp3) is 0.583. The zero-order valence-electron chi connectivity index (χ0n) is 11.4. The summed E-state index contributed by atoms with van der Waals surface area (Å²) in [6.45, 7) is 5.59. The van der Waals surface area contributed by atoms with Gasteiger partial charge in [0.05, 0.1) is 12.8 Å². The van der Waals surface area contributed by atoms with Crippen LogP contribution in [-0.4, -0.2) is 34.6 Å². The van der Waals surface area contributed by atoms with Crippen LogP contribution in [0.1, 0.15) is 36.3 Å². The van der Waals surface area contributed by atoms with E-state index in [1.54, 1.807) is 6.92 Å². The van der Waals surface area contributed by atoms with Crippen LogP contribution in [0.3, 0.4) is 0 Å². The maximum atomic E-state index is 11.7. The molecule has 106 valence electrons. The summed E-state index contributed by atoms with van der Waals surface area (Å²) in [6, 6.07) is -0.567. The molecule has 6 nitrogen and oxygen atoms in total. The van der Waals surface area contributed by atoms with Gasteiger partial charge in [-0.3, -0.25) is 0 Å². The predicted octanol–water partition coefficient (Wildman–Crippen LogP) is 2.15. The number of anilines is 1. The van der Waals surface area contributed by atoms with Gasteiger partial charge in [-0.05, 0) is 30.8 Å². The van der Waals surface area contributed by atoms with Crippen molar-refractivity contribution in [2.75, 3.05) is 12.4 Å². The Bertz CT molecular complexity index is 470. The number of aromatic carboxylic acids is 1. The Labute approximate surface area is 115 Å². The molecule has 0 aromatic carbocycles. The van der Waals surface area contributed by atoms with Gasteiger partial charge in [0.25, 0.3) is 0 Å². The fourth-order valence-electron chi connectivity index (χ4n) is 1.71. The topological polar surface area (TPSA) is 88.5 Å². The molecule has 0 aliphatic heterocycles. The molecule has 0 fully saturated rings. The molecule has 0 spiro atoms. The van der Waals surface area contributed by atoms with E-state index in [0.717, 1.165) is 11.5 Å². The summed E-state index contributed by atoms with van der Waals surface area (Å²) in [4.78, 5) is 22.8. The molecular weight excluding hydrogens is 268 g/mol. The highest BCUT2D eigenvalue weighted by Crippen LogP contribution is 2.26. The number of nitrogens with zero attached hydrogens (tertiary/aromatic N) is 1. The van der Waals surface area contributed by atoms with Crippen LogP contribution in [0.25, 0.3) is 0 Å². The van der Waals surface area contributed by atoms with Crippen LogP contribution in [0.5, 0.6) is 0 Å². The van der Waals surface area contributed by atoms with Gasteiger partial charge in [-0.15, -0.1) is 0 Å². The minimum atomic E-state index is -1.05. The van der Waals surface area contributed by atoms with Gasteiger partial charge >= 0.3 is 11.9 Å². The highest BCUT2D eigenvalue weighted by atomic mass is 32.1. The Hall–Kier alpha value is -1.63. The van der Waals surface area contributed by atoms with E-state index in [9.17, 15) is 9.59 Å². The molecule has 19 heavy (non-hydrogen) atoms. The van der Waals surface area contributed by atoms with E-state index in [1.165, 1.54) is 7.11 Å². The van der Waals surface area contributed by atoms with Crippen molar-refractivity contribution >= 4 is 28.5 Å². The minimum Gasteiger partial charge on any atom is -0.478 e. The first kappa shape index (κ1) is 15.4. The first-order valence-electron chi connectivity index (χ1n) is 5.90. The standard InChI is InChI=1S/C12H18N2O4S/c1-6(2)5-8(12(17)18-4)13-10-9(11(15)16)7(3)14-19-10/h6,8,13H,5H2,1-4H3,(H,15,16). The molecule has 0 aliphatic carbocycles. The molecule has 1 rings (SSSR count). The van der Waals surface area contributed by atoms with Crippen LogP contribution < -0.4 is 5.32 Å². The number of hydrogen-bond donors (Lipinski definition) is 2. The van der Waals surface area contributed by atoms with Crippen molar-refractivity contribution in [1.82, 2.24) is 4.37 Å². The van der Waals surface area contributed by atoms with Crippen molar-refractivity contribution in [3.8, 4) is 0 Å². The molecule has 0 radical (unpaired) electrons. The lowest BCUT2D eigenvalue weighted by atomic mass is 10.0. The lowest BCUT2D eigenvalue weighted by Gasteiger charge is -2.18. The summed E-state index contributed by atoms with van der Waals surface area (Å²) in [5.41, 5.74) is 0.552. The number of aromatic nitrogens is 1. The van der Waals surface area contributed by atoms with E-state index in [4.69, 9.17) is 9.84 Å². The molecule has 0 amide bonds. The van der Waals surface area contributed by atoms with Gasteiger partial charge in [-0.25, -0.2) is 9.59 Å². The van der Waals surface area contributed by atoms with Crippen molar-refractivity contribution in [2.24, 2.45) is 5.92 Å². The Morgan fingerprint density at radius 2 is 2.11 bits per heavy atom. The second kappa shape index (κ2) is 6.51. The number of carboxylic acid groups (broad SMARTS) is 1. The molecule has 2 N–H and O–H groups in total. The number of carbonyl (C=O) groups excluding carboxylic acids is 1. The summed E-state index contributed by atoms with van der Waals surface area (Å²) < 4.78 is 8.73. The molecule has 1 atom stereocenters. The molecule has 1 aromatic rings. The smallest absolute Gasteiger partial charge is 0.340 e. The maximum Gasteiger partial charge on any atom is 0.340 e. The highest BCUT2D eigenvalue weighted by Gasteiger charge is 2.25. The van der Waals surface area contributed by atoms with Gasteiger partial charge in [-0.1, -0.05) is 13.8 Å². The van der Waals surface area contributed by atoms with Gasteiger partial charge in [0.15, 0.2) is 0 Å². The molecule has 0 aliphatic rings. The summed E-state index contributed by atoms with van der Waals surface area (Å²) >= 11 is 1.04. The number of carboxylic acids is 1. The van der Waals surface area contributed by atoms with Gasteiger partial charge in [0.2, 0.25) is 0 Å². The molecule has 0 saturated carbocycles. The Kier molecular flexibility index (Phi) is 5.29. The van der Waals surface area contributed by atoms with E-state index in [1.807, 2.05) is 13.8 Å². The van der Waals surface area contributed by atoms with Crippen LogP contribution in [0.2, 0.25) is 0 Å². The van der Waals surface area contributed by atoms with Crippen molar-refractivity contribution in [2.45, 2.75) is 33.2 Å². The van der Waals surface area contributed by atoms with Gasteiger partial charge in [0, 0.05) is 0 Å². The second-order valence-electron chi connectivity index (χ2n) is 4.63. The predicted molar refractivity (Wildman–Crippen MR) is 72.7 cm³/mol. The second-order valence-corrected chi connectivity index (χ2v) is 5.40. The number of hydrogen-bond acceptors (Lipinski definition) is 6. The first-order valence-corrected chi connectivity index (χ1v) is 6.68. The summed E-state index contributed by atoms with van der Waals surface area (Å²) in [6.07, 6.45) is 0.558. The summed E-state index contributed by atoms with van der Waals surface area (Å²) in [5, 5.41) is 12.5. The van der Waals surface area contributed by atoms with Crippen molar-refractivity contribution in [1.29, 1.82) is 0 Å².